The summed E-state index contributed by atoms with van der Waals surface area (Å²) in [7, 11) is -5.74. The highest BCUT2D eigenvalue weighted by molar-refractivity contribution is 7.86. The number of carbonyl (C=O) groups excluding carboxylic acids is 3. The number of hydrogen-bond acceptors (Lipinski definition) is 9. The van der Waals surface area contributed by atoms with E-state index in [0.717, 1.165) is 38.5 Å². The number of halogens is 2. The minimum Gasteiger partial charge on any atom is -0.463 e. The van der Waals surface area contributed by atoms with Crippen LogP contribution in [0.1, 0.15) is 87.4 Å². The predicted octanol–water partition coefficient (Wildman–Crippen LogP) is 5.65. The lowest BCUT2D eigenvalue weighted by molar-refractivity contribution is -0.171. The summed E-state index contributed by atoms with van der Waals surface area (Å²) in [5.74, 6) is 2.18. The van der Waals surface area contributed by atoms with E-state index >= 15 is 0 Å². The van der Waals surface area contributed by atoms with E-state index in [9.17, 15) is 31.6 Å². The van der Waals surface area contributed by atoms with Crippen LogP contribution in [0.25, 0.3) is 0 Å². The van der Waals surface area contributed by atoms with Gasteiger partial charge in [0.25, 0.3) is 0 Å². The smallest absolute Gasteiger partial charge is 0.402 e. The van der Waals surface area contributed by atoms with Crippen LogP contribution in [0.15, 0.2) is 24.3 Å². The standard InChI is InChI=1S/C35H45F2NO9S/c36-35(37,48(42,43)44)21-47-30(39)28-1-3-29(4-2-28)38(5-7-45-31(40)33-15-22-9-23(16-33)11-24(10-22)17-33)6-8-46-32(41)34-18-25-12-26(19-34)14-27(13-25)20-34/h1-4,22-27H,5-21H2,(H,42,43,44). The summed E-state index contributed by atoms with van der Waals surface area (Å²) < 4.78 is 73.7. The second-order valence-electron chi connectivity index (χ2n) is 15.9. The lowest BCUT2D eigenvalue weighted by atomic mass is 9.49. The minimum atomic E-state index is -5.74. The summed E-state index contributed by atoms with van der Waals surface area (Å²) in [6.45, 7) is -0.979. The second kappa shape index (κ2) is 12.5. The van der Waals surface area contributed by atoms with E-state index in [1.807, 2.05) is 4.90 Å². The number of carbonyl (C=O) groups is 3. The Hall–Kier alpha value is -2.80. The third-order valence-corrected chi connectivity index (χ3v) is 13.2. The summed E-state index contributed by atoms with van der Waals surface area (Å²) in [5, 5.41) is -4.64. The normalized spacial score (nSPS) is 34.6. The molecule has 0 amide bonds. The molecule has 8 aliphatic carbocycles. The van der Waals surface area contributed by atoms with Crippen molar-refractivity contribution in [3.8, 4) is 0 Å². The Morgan fingerprint density at radius 3 is 1.44 bits per heavy atom. The molecule has 0 unspecified atom stereocenters. The Kier molecular flexibility index (Phi) is 8.78. The molecule has 1 N–H and O–H groups in total. The van der Waals surface area contributed by atoms with Crippen molar-refractivity contribution in [3.05, 3.63) is 29.8 Å². The molecule has 0 aromatic heterocycles. The van der Waals surface area contributed by atoms with Crippen molar-refractivity contribution in [1.29, 1.82) is 0 Å². The van der Waals surface area contributed by atoms with Crippen molar-refractivity contribution in [2.75, 3.05) is 37.8 Å². The van der Waals surface area contributed by atoms with Gasteiger partial charge in [-0.1, -0.05) is 0 Å². The van der Waals surface area contributed by atoms with E-state index in [1.54, 1.807) is 12.1 Å². The van der Waals surface area contributed by atoms with Gasteiger partial charge in [0.1, 0.15) is 13.2 Å². The molecule has 0 atom stereocenters. The first-order valence-electron chi connectivity index (χ1n) is 17.4. The van der Waals surface area contributed by atoms with Gasteiger partial charge in [0.2, 0.25) is 0 Å². The first-order valence-corrected chi connectivity index (χ1v) is 18.9. The van der Waals surface area contributed by atoms with E-state index in [2.05, 4.69) is 4.74 Å². The first kappa shape index (κ1) is 33.7. The number of anilines is 1. The van der Waals surface area contributed by atoms with E-state index in [1.165, 1.54) is 50.7 Å². The molecule has 0 saturated heterocycles. The molecule has 0 heterocycles. The first-order chi connectivity index (χ1) is 22.7. The topological polar surface area (TPSA) is 137 Å². The van der Waals surface area contributed by atoms with Crippen molar-refractivity contribution in [2.45, 2.75) is 82.3 Å². The van der Waals surface area contributed by atoms with Crippen LogP contribution >= 0.6 is 0 Å². The van der Waals surface area contributed by atoms with E-state index in [4.69, 9.17) is 14.0 Å². The maximum Gasteiger partial charge on any atom is 0.402 e. The average Bonchev–Trinajstić information content (AvgIpc) is 3.01. The number of nitrogens with zero attached hydrogens (tertiary/aromatic N) is 1. The van der Waals surface area contributed by atoms with Gasteiger partial charge in [0.15, 0.2) is 6.61 Å². The second-order valence-corrected chi connectivity index (χ2v) is 17.4. The molecule has 13 heteroatoms. The molecule has 264 valence electrons. The van der Waals surface area contributed by atoms with Crippen LogP contribution in [0.5, 0.6) is 0 Å². The number of alkyl halides is 2. The van der Waals surface area contributed by atoms with E-state index in [-0.39, 0.29) is 41.5 Å². The Bertz CT molecular complexity index is 1400. The highest BCUT2D eigenvalue weighted by Crippen LogP contribution is 2.61. The summed E-state index contributed by atoms with van der Waals surface area (Å²) in [6, 6.07) is 5.83. The quantitative estimate of drug-likeness (QED) is 0.157. The highest BCUT2D eigenvalue weighted by Gasteiger charge is 2.56. The molecule has 0 aliphatic heterocycles. The third kappa shape index (κ3) is 6.57. The third-order valence-electron chi connectivity index (χ3n) is 12.3. The molecule has 8 fully saturated rings. The van der Waals surface area contributed by atoms with Crippen molar-refractivity contribution < 1.29 is 50.3 Å². The lowest BCUT2D eigenvalue weighted by Crippen LogP contribution is -2.51. The fourth-order valence-electron chi connectivity index (χ4n) is 11.0. The van der Waals surface area contributed by atoms with Gasteiger partial charge in [-0.05, 0) is 137 Å². The fourth-order valence-corrected chi connectivity index (χ4v) is 11.2. The number of ether oxygens (including phenoxy) is 3. The Balaban J connectivity index is 0.987. The minimum absolute atomic E-state index is 0.105. The maximum absolute atomic E-state index is 13.6. The highest BCUT2D eigenvalue weighted by atomic mass is 32.2. The molecule has 0 spiro atoms. The van der Waals surface area contributed by atoms with Gasteiger partial charge < -0.3 is 19.1 Å². The monoisotopic (exact) mass is 693 g/mol. The maximum atomic E-state index is 13.6. The Labute approximate surface area is 280 Å². The summed E-state index contributed by atoms with van der Waals surface area (Å²) in [5.41, 5.74) is -0.264. The molecule has 48 heavy (non-hydrogen) atoms. The van der Waals surface area contributed by atoms with Gasteiger partial charge in [-0.15, -0.1) is 0 Å². The van der Waals surface area contributed by atoms with Gasteiger partial charge in [0, 0.05) is 5.69 Å². The van der Waals surface area contributed by atoms with Crippen LogP contribution in [0.4, 0.5) is 14.5 Å². The van der Waals surface area contributed by atoms with Crippen LogP contribution in [0.2, 0.25) is 0 Å². The zero-order valence-corrected chi connectivity index (χ0v) is 27.9. The zero-order chi connectivity index (χ0) is 33.9. The van der Waals surface area contributed by atoms with Gasteiger partial charge in [-0.3, -0.25) is 14.1 Å². The van der Waals surface area contributed by atoms with Gasteiger partial charge in [-0.2, -0.15) is 17.2 Å². The summed E-state index contributed by atoms with van der Waals surface area (Å²) in [4.78, 5) is 41.2. The average molecular weight is 694 g/mol. The van der Waals surface area contributed by atoms with Crippen molar-refractivity contribution in [2.24, 2.45) is 46.3 Å². The van der Waals surface area contributed by atoms with Crippen LogP contribution < -0.4 is 4.90 Å². The number of benzene rings is 1. The summed E-state index contributed by atoms with van der Waals surface area (Å²) in [6.07, 6.45) is 12.7. The van der Waals surface area contributed by atoms with E-state index in [0.29, 0.717) is 54.3 Å². The number of hydrogen-bond donors (Lipinski definition) is 1. The molecule has 1 aromatic carbocycles. The van der Waals surface area contributed by atoms with Crippen molar-refractivity contribution >= 4 is 33.7 Å². The van der Waals surface area contributed by atoms with E-state index < -0.39 is 27.9 Å². The predicted molar refractivity (Wildman–Crippen MR) is 169 cm³/mol. The lowest BCUT2D eigenvalue weighted by Gasteiger charge is -2.55. The van der Waals surface area contributed by atoms with Gasteiger partial charge >= 0.3 is 33.3 Å². The molecular formula is C35H45F2NO9S. The molecule has 8 aliphatic rings. The van der Waals surface area contributed by atoms with Gasteiger partial charge in [-0.25, -0.2) is 4.79 Å². The molecule has 0 radical (unpaired) electrons. The Morgan fingerprint density at radius 2 is 1.08 bits per heavy atom. The molecule has 9 rings (SSSR count). The van der Waals surface area contributed by atoms with Crippen LogP contribution in [-0.2, 0) is 33.9 Å². The fraction of sp³-hybridized carbons (Fsp3) is 0.743. The number of rotatable bonds is 13. The largest absolute Gasteiger partial charge is 0.463 e. The SMILES string of the molecule is O=C(OCC(F)(F)S(=O)(=O)O)c1ccc(N(CCOC(=O)C23CC4CC(CC(C4)C2)C3)CCOC(=O)C23CC4CC(CC(C4)C2)C3)cc1. The Morgan fingerprint density at radius 1 is 0.708 bits per heavy atom. The zero-order valence-electron chi connectivity index (χ0n) is 27.1. The number of esters is 3. The molecule has 8 saturated carbocycles. The molecule has 1 aromatic rings. The van der Waals surface area contributed by atoms with Gasteiger partial charge in [0.05, 0.1) is 29.5 Å². The van der Waals surface area contributed by atoms with Crippen molar-refractivity contribution in [1.82, 2.24) is 0 Å². The molecule has 10 nitrogen and oxygen atoms in total. The molecule has 8 bridgehead atoms. The van der Waals surface area contributed by atoms with Crippen LogP contribution in [0, 0.1) is 46.3 Å². The van der Waals surface area contributed by atoms with Crippen LogP contribution in [0.3, 0.4) is 0 Å². The van der Waals surface area contributed by atoms with Crippen LogP contribution in [-0.4, -0.2) is 69.0 Å². The van der Waals surface area contributed by atoms with Crippen molar-refractivity contribution in [3.63, 3.8) is 0 Å². The molecular weight excluding hydrogens is 648 g/mol. The summed E-state index contributed by atoms with van der Waals surface area (Å²) >= 11 is 0.